The fourth-order valence-electron chi connectivity index (χ4n) is 3.81. The summed E-state index contributed by atoms with van der Waals surface area (Å²) in [5, 5.41) is 0. The summed E-state index contributed by atoms with van der Waals surface area (Å²) < 4.78 is 10.8. The average molecular weight is 368 g/mol. The largest absolute Gasteiger partial charge is 0.496 e. The molecule has 144 valence electrons. The Morgan fingerprint density at radius 2 is 1.56 bits per heavy atom. The number of amides is 1. The lowest BCUT2D eigenvalue weighted by Crippen LogP contribution is -2.49. The quantitative estimate of drug-likeness (QED) is 0.810. The van der Waals surface area contributed by atoms with Crippen molar-refractivity contribution < 1.29 is 14.3 Å². The Morgan fingerprint density at radius 3 is 2.11 bits per heavy atom. The van der Waals surface area contributed by atoms with E-state index in [-0.39, 0.29) is 5.91 Å². The first-order valence-corrected chi connectivity index (χ1v) is 9.44. The third-order valence-electron chi connectivity index (χ3n) is 5.23. The van der Waals surface area contributed by atoms with Crippen LogP contribution in [0.1, 0.15) is 28.4 Å². The highest BCUT2D eigenvalue weighted by Gasteiger charge is 2.28. The van der Waals surface area contributed by atoms with Crippen LogP contribution in [0.3, 0.4) is 0 Å². The van der Waals surface area contributed by atoms with E-state index in [2.05, 4.69) is 36.9 Å². The number of para-hydroxylation sites is 1. The van der Waals surface area contributed by atoms with Crippen molar-refractivity contribution in [2.24, 2.45) is 0 Å². The van der Waals surface area contributed by atoms with Gasteiger partial charge in [0.25, 0.3) is 5.91 Å². The summed E-state index contributed by atoms with van der Waals surface area (Å²) >= 11 is 0. The molecule has 0 unspecified atom stereocenters. The van der Waals surface area contributed by atoms with E-state index in [1.165, 1.54) is 16.8 Å². The molecule has 0 N–H and O–H groups in total. The van der Waals surface area contributed by atoms with Crippen molar-refractivity contribution in [2.75, 3.05) is 45.3 Å². The zero-order valence-electron chi connectivity index (χ0n) is 16.6. The maximum atomic E-state index is 13.1. The topological polar surface area (TPSA) is 42.0 Å². The SMILES string of the molecule is CCc1cccc(C)c1N1CCN(C(=O)c2c(OC)cccc2OC)CC1. The Labute approximate surface area is 161 Å². The van der Waals surface area contributed by atoms with Crippen LogP contribution in [0.2, 0.25) is 0 Å². The van der Waals surface area contributed by atoms with Gasteiger partial charge < -0.3 is 19.3 Å². The van der Waals surface area contributed by atoms with Crippen molar-refractivity contribution in [1.82, 2.24) is 4.90 Å². The molecule has 5 heteroatoms. The van der Waals surface area contributed by atoms with E-state index in [0.29, 0.717) is 30.2 Å². The zero-order valence-corrected chi connectivity index (χ0v) is 16.6. The van der Waals surface area contributed by atoms with Gasteiger partial charge in [0.1, 0.15) is 17.1 Å². The normalized spacial score (nSPS) is 14.2. The summed E-state index contributed by atoms with van der Waals surface area (Å²) in [6.07, 6.45) is 1.01. The van der Waals surface area contributed by atoms with Crippen LogP contribution in [0.15, 0.2) is 36.4 Å². The predicted octanol–water partition coefficient (Wildman–Crippen LogP) is 3.54. The number of carbonyl (C=O) groups is 1. The molecule has 1 saturated heterocycles. The van der Waals surface area contributed by atoms with Crippen molar-refractivity contribution in [3.8, 4) is 11.5 Å². The average Bonchev–Trinajstić information content (AvgIpc) is 2.72. The molecule has 1 amide bonds. The molecular weight excluding hydrogens is 340 g/mol. The molecule has 0 saturated carbocycles. The first-order valence-electron chi connectivity index (χ1n) is 9.44. The maximum absolute atomic E-state index is 13.1. The Bertz CT molecular complexity index is 789. The highest BCUT2D eigenvalue weighted by atomic mass is 16.5. The predicted molar refractivity (Wildman–Crippen MR) is 108 cm³/mol. The van der Waals surface area contributed by atoms with Crippen molar-refractivity contribution in [2.45, 2.75) is 20.3 Å². The van der Waals surface area contributed by atoms with E-state index < -0.39 is 0 Å². The van der Waals surface area contributed by atoms with Gasteiger partial charge in [0.2, 0.25) is 0 Å². The molecule has 0 aromatic heterocycles. The molecule has 0 atom stereocenters. The summed E-state index contributed by atoms with van der Waals surface area (Å²) in [6.45, 7) is 7.34. The highest BCUT2D eigenvalue weighted by Crippen LogP contribution is 2.31. The molecule has 3 rings (SSSR count). The van der Waals surface area contributed by atoms with E-state index in [1.807, 2.05) is 11.0 Å². The number of rotatable bonds is 5. The van der Waals surface area contributed by atoms with E-state index >= 15 is 0 Å². The zero-order chi connectivity index (χ0) is 19.4. The Hall–Kier alpha value is -2.69. The van der Waals surface area contributed by atoms with Crippen LogP contribution in [0, 0.1) is 6.92 Å². The van der Waals surface area contributed by atoms with Crippen LogP contribution >= 0.6 is 0 Å². The van der Waals surface area contributed by atoms with Gasteiger partial charge in [-0.1, -0.05) is 31.2 Å². The van der Waals surface area contributed by atoms with Gasteiger partial charge >= 0.3 is 0 Å². The minimum atomic E-state index is -0.0375. The number of benzene rings is 2. The van der Waals surface area contributed by atoms with Gasteiger partial charge in [0.15, 0.2) is 0 Å². The van der Waals surface area contributed by atoms with E-state index in [9.17, 15) is 4.79 Å². The van der Waals surface area contributed by atoms with Crippen molar-refractivity contribution in [1.29, 1.82) is 0 Å². The molecule has 1 heterocycles. The molecule has 27 heavy (non-hydrogen) atoms. The summed E-state index contributed by atoms with van der Waals surface area (Å²) in [5.41, 5.74) is 4.48. The van der Waals surface area contributed by atoms with Crippen molar-refractivity contribution in [3.63, 3.8) is 0 Å². The number of piperazine rings is 1. The number of methoxy groups -OCH3 is 2. The molecule has 2 aromatic carbocycles. The fraction of sp³-hybridized carbons (Fsp3) is 0.409. The highest BCUT2D eigenvalue weighted by molar-refractivity contribution is 5.99. The summed E-state index contributed by atoms with van der Waals surface area (Å²) in [4.78, 5) is 17.4. The summed E-state index contributed by atoms with van der Waals surface area (Å²) in [5.74, 6) is 1.06. The van der Waals surface area contributed by atoms with Crippen LogP contribution in [0.5, 0.6) is 11.5 Å². The Balaban J connectivity index is 1.78. The van der Waals surface area contributed by atoms with Crippen LogP contribution < -0.4 is 14.4 Å². The lowest BCUT2D eigenvalue weighted by atomic mass is 10.0. The first-order chi connectivity index (χ1) is 13.1. The van der Waals surface area contributed by atoms with Gasteiger partial charge in [-0.2, -0.15) is 0 Å². The number of hydrogen-bond donors (Lipinski definition) is 0. The number of carbonyl (C=O) groups excluding carboxylic acids is 1. The number of ether oxygens (including phenoxy) is 2. The molecule has 0 spiro atoms. The molecule has 1 fully saturated rings. The van der Waals surface area contributed by atoms with E-state index in [4.69, 9.17) is 9.47 Å². The van der Waals surface area contributed by atoms with E-state index in [0.717, 1.165) is 19.5 Å². The van der Waals surface area contributed by atoms with Crippen molar-refractivity contribution >= 4 is 11.6 Å². The standard InChI is InChI=1S/C22H28N2O3/c1-5-17-9-6-8-16(2)21(17)23-12-14-24(15-13-23)22(25)20-18(26-3)10-7-11-19(20)27-4/h6-11H,5,12-15H2,1-4H3. The number of aryl methyl sites for hydroxylation is 2. The van der Waals surface area contributed by atoms with Gasteiger partial charge in [0.05, 0.1) is 14.2 Å². The van der Waals surface area contributed by atoms with Gasteiger partial charge in [-0.25, -0.2) is 0 Å². The molecule has 0 bridgehead atoms. The number of nitrogens with zero attached hydrogens (tertiary/aromatic N) is 2. The summed E-state index contributed by atoms with van der Waals surface area (Å²) in [7, 11) is 3.15. The van der Waals surface area contributed by atoms with Crippen LogP contribution in [-0.2, 0) is 6.42 Å². The number of anilines is 1. The van der Waals surface area contributed by atoms with Crippen LogP contribution in [-0.4, -0.2) is 51.2 Å². The molecule has 1 aliphatic rings. The third kappa shape index (κ3) is 3.72. The minimum Gasteiger partial charge on any atom is -0.496 e. The number of hydrogen-bond acceptors (Lipinski definition) is 4. The Morgan fingerprint density at radius 1 is 0.963 bits per heavy atom. The second kappa shape index (κ2) is 8.33. The second-order valence-electron chi connectivity index (χ2n) is 6.75. The van der Waals surface area contributed by atoms with Crippen LogP contribution in [0.4, 0.5) is 5.69 Å². The summed E-state index contributed by atoms with van der Waals surface area (Å²) in [6, 6.07) is 11.9. The van der Waals surface area contributed by atoms with E-state index in [1.54, 1.807) is 26.4 Å². The molecular formula is C22H28N2O3. The Kier molecular flexibility index (Phi) is 5.89. The second-order valence-corrected chi connectivity index (χ2v) is 6.75. The molecule has 5 nitrogen and oxygen atoms in total. The van der Waals surface area contributed by atoms with Gasteiger partial charge in [0, 0.05) is 31.9 Å². The third-order valence-corrected chi connectivity index (χ3v) is 5.23. The first kappa shape index (κ1) is 19.1. The van der Waals surface area contributed by atoms with Crippen molar-refractivity contribution in [3.05, 3.63) is 53.1 Å². The van der Waals surface area contributed by atoms with Gasteiger partial charge in [-0.15, -0.1) is 0 Å². The smallest absolute Gasteiger partial charge is 0.261 e. The fourth-order valence-corrected chi connectivity index (χ4v) is 3.81. The van der Waals surface area contributed by atoms with Crippen LogP contribution in [0.25, 0.3) is 0 Å². The molecule has 1 aliphatic heterocycles. The van der Waals surface area contributed by atoms with Gasteiger partial charge in [-0.05, 0) is 36.6 Å². The van der Waals surface area contributed by atoms with Gasteiger partial charge in [-0.3, -0.25) is 4.79 Å². The molecule has 0 radical (unpaired) electrons. The lowest BCUT2D eigenvalue weighted by molar-refractivity contribution is 0.0739. The maximum Gasteiger partial charge on any atom is 0.261 e. The monoisotopic (exact) mass is 368 g/mol. The minimum absolute atomic E-state index is 0.0375. The molecule has 0 aliphatic carbocycles. The molecule has 2 aromatic rings. The lowest BCUT2D eigenvalue weighted by Gasteiger charge is -2.38.